The molecule has 0 aliphatic heterocycles. The minimum atomic E-state index is 0.749. The largest absolute Gasteiger partial charge is 0.264 e. The van der Waals surface area contributed by atoms with E-state index in [4.69, 9.17) is 11.6 Å². The lowest BCUT2D eigenvalue weighted by atomic mass is 10.1. The van der Waals surface area contributed by atoms with Gasteiger partial charge in [-0.05, 0) is 41.9 Å². The lowest BCUT2D eigenvalue weighted by Gasteiger charge is -2.05. The maximum absolute atomic E-state index is 5.88. The fourth-order valence-electron chi connectivity index (χ4n) is 1.67. The number of hydrogen-bond acceptors (Lipinski definition) is 1. The molecular formula is C12H12BrClN2. The summed E-state index contributed by atoms with van der Waals surface area (Å²) in [5.74, 6) is 0. The number of aryl methyl sites for hydroxylation is 2. The molecule has 84 valence electrons. The summed E-state index contributed by atoms with van der Waals surface area (Å²) in [5.41, 5.74) is 3.24. The van der Waals surface area contributed by atoms with E-state index in [0.717, 1.165) is 33.0 Å². The summed E-state index contributed by atoms with van der Waals surface area (Å²) < 4.78 is 3.04. The van der Waals surface area contributed by atoms with Crippen LogP contribution in [0.1, 0.15) is 12.6 Å². The first kappa shape index (κ1) is 11.7. The van der Waals surface area contributed by atoms with Crippen LogP contribution in [0, 0.1) is 6.92 Å². The molecule has 2 nitrogen and oxygen atoms in total. The van der Waals surface area contributed by atoms with Crippen molar-refractivity contribution < 1.29 is 0 Å². The quantitative estimate of drug-likeness (QED) is 0.808. The molecule has 0 saturated heterocycles. The summed E-state index contributed by atoms with van der Waals surface area (Å²) in [5, 5.41) is 5.21. The van der Waals surface area contributed by atoms with Crippen LogP contribution in [0.4, 0.5) is 0 Å². The Labute approximate surface area is 108 Å². The van der Waals surface area contributed by atoms with Gasteiger partial charge in [0.25, 0.3) is 0 Å². The molecule has 1 aromatic heterocycles. The normalized spacial score (nSPS) is 10.8. The van der Waals surface area contributed by atoms with Gasteiger partial charge in [0, 0.05) is 17.1 Å². The van der Waals surface area contributed by atoms with Gasteiger partial charge in [0.15, 0.2) is 0 Å². The van der Waals surface area contributed by atoms with Gasteiger partial charge in [0.05, 0.1) is 15.9 Å². The number of halogens is 2. The molecule has 0 fully saturated rings. The molecule has 0 saturated carbocycles. The topological polar surface area (TPSA) is 17.8 Å². The van der Waals surface area contributed by atoms with E-state index < -0.39 is 0 Å². The predicted molar refractivity (Wildman–Crippen MR) is 70.8 cm³/mol. The summed E-state index contributed by atoms with van der Waals surface area (Å²) in [6.45, 7) is 4.93. The van der Waals surface area contributed by atoms with Crippen molar-refractivity contribution in [2.24, 2.45) is 0 Å². The van der Waals surface area contributed by atoms with E-state index in [0.29, 0.717) is 0 Å². The van der Waals surface area contributed by atoms with Gasteiger partial charge in [-0.1, -0.05) is 23.7 Å². The van der Waals surface area contributed by atoms with Crippen molar-refractivity contribution in [3.8, 4) is 11.3 Å². The molecule has 0 bridgehead atoms. The molecule has 0 aliphatic rings. The van der Waals surface area contributed by atoms with Crippen LogP contribution in [0.3, 0.4) is 0 Å². The van der Waals surface area contributed by atoms with E-state index >= 15 is 0 Å². The second-order valence-electron chi connectivity index (χ2n) is 3.57. The molecule has 2 aromatic rings. The minimum absolute atomic E-state index is 0.749. The molecule has 1 aromatic carbocycles. The third-order valence-electron chi connectivity index (χ3n) is 2.47. The number of benzene rings is 1. The van der Waals surface area contributed by atoms with E-state index in [1.807, 2.05) is 35.9 Å². The summed E-state index contributed by atoms with van der Waals surface area (Å²) in [6.07, 6.45) is 0. The van der Waals surface area contributed by atoms with Crippen LogP contribution in [-0.4, -0.2) is 9.78 Å². The molecule has 16 heavy (non-hydrogen) atoms. The van der Waals surface area contributed by atoms with Gasteiger partial charge >= 0.3 is 0 Å². The fraction of sp³-hybridized carbons (Fsp3) is 0.250. The van der Waals surface area contributed by atoms with Crippen molar-refractivity contribution in [1.29, 1.82) is 0 Å². The molecule has 0 spiro atoms. The number of rotatable bonds is 2. The van der Waals surface area contributed by atoms with E-state index in [2.05, 4.69) is 28.0 Å². The Morgan fingerprint density at radius 2 is 1.94 bits per heavy atom. The van der Waals surface area contributed by atoms with Crippen LogP contribution in [0.25, 0.3) is 11.3 Å². The van der Waals surface area contributed by atoms with E-state index in [-0.39, 0.29) is 0 Å². The summed E-state index contributed by atoms with van der Waals surface area (Å²) >= 11 is 9.46. The first-order chi connectivity index (χ1) is 7.63. The van der Waals surface area contributed by atoms with Crippen LogP contribution in [-0.2, 0) is 6.54 Å². The molecule has 0 radical (unpaired) electrons. The summed E-state index contributed by atoms with van der Waals surface area (Å²) in [7, 11) is 0. The van der Waals surface area contributed by atoms with Crippen molar-refractivity contribution >= 4 is 27.5 Å². The fourth-order valence-corrected chi connectivity index (χ4v) is 2.31. The minimum Gasteiger partial charge on any atom is -0.264 e. The van der Waals surface area contributed by atoms with Crippen LogP contribution in [0.15, 0.2) is 28.7 Å². The van der Waals surface area contributed by atoms with E-state index in [9.17, 15) is 0 Å². The summed E-state index contributed by atoms with van der Waals surface area (Å²) in [4.78, 5) is 0. The third-order valence-corrected chi connectivity index (χ3v) is 3.67. The monoisotopic (exact) mass is 298 g/mol. The smallest absolute Gasteiger partial charge is 0.0827 e. The van der Waals surface area contributed by atoms with Crippen LogP contribution < -0.4 is 0 Å². The van der Waals surface area contributed by atoms with Gasteiger partial charge in [0.1, 0.15) is 0 Å². The average Bonchev–Trinajstić information content (AvgIpc) is 2.57. The molecule has 2 rings (SSSR count). The number of nitrogens with zero attached hydrogens (tertiary/aromatic N) is 2. The Balaban J connectivity index is 2.58. The van der Waals surface area contributed by atoms with Crippen LogP contribution >= 0.6 is 27.5 Å². The third kappa shape index (κ3) is 2.02. The highest BCUT2D eigenvalue weighted by molar-refractivity contribution is 9.10. The molecule has 0 amide bonds. The molecule has 0 unspecified atom stereocenters. The van der Waals surface area contributed by atoms with Gasteiger partial charge in [-0.15, -0.1) is 0 Å². The van der Waals surface area contributed by atoms with Gasteiger partial charge in [-0.25, -0.2) is 0 Å². The maximum Gasteiger partial charge on any atom is 0.0827 e. The van der Waals surface area contributed by atoms with Gasteiger partial charge in [-0.3, -0.25) is 4.68 Å². The lowest BCUT2D eigenvalue weighted by molar-refractivity contribution is 0.660. The SMILES string of the molecule is CCn1nc(C)c(Br)c1-c1ccc(Cl)cc1. The molecular weight excluding hydrogens is 288 g/mol. The predicted octanol–water partition coefficient (Wildman–Crippen LogP) is 4.29. The Morgan fingerprint density at radius 3 is 2.50 bits per heavy atom. The van der Waals surface area contributed by atoms with Crippen LogP contribution in [0.5, 0.6) is 0 Å². The van der Waals surface area contributed by atoms with Gasteiger partial charge in [-0.2, -0.15) is 5.10 Å². The van der Waals surface area contributed by atoms with Crippen molar-refractivity contribution in [1.82, 2.24) is 9.78 Å². The molecule has 4 heteroatoms. The maximum atomic E-state index is 5.88. The highest BCUT2D eigenvalue weighted by Gasteiger charge is 2.13. The van der Waals surface area contributed by atoms with Gasteiger partial charge < -0.3 is 0 Å². The lowest BCUT2D eigenvalue weighted by Crippen LogP contribution is -1.99. The highest BCUT2D eigenvalue weighted by atomic mass is 79.9. The van der Waals surface area contributed by atoms with Crippen molar-refractivity contribution in [2.75, 3.05) is 0 Å². The Kier molecular flexibility index (Phi) is 3.36. The summed E-state index contributed by atoms with van der Waals surface area (Å²) in [6, 6.07) is 7.81. The number of hydrogen-bond donors (Lipinski definition) is 0. The first-order valence-electron chi connectivity index (χ1n) is 5.12. The zero-order chi connectivity index (χ0) is 11.7. The zero-order valence-corrected chi connectivity index (χ0v) is 11.5. The van der Waals surface area contributed by atoms with Crippen molar-refractivity contribution in [3.63, 3.8) is 0 Å². The second kappa shape index (κ2) is 4.60. The average molecular weight is 300 g/mol. The van der Waals surface area contributed by atoms with Crippen molar-refractivity contribution in [2.45, 2.75) is 20.4 Å². The second-order valence-corrected chi connectivity index (χ2v) is 4.80. The zero-order valence-electron chi connectivity index (χ0n) is 9.17. The molecule has 0 aliphatic carbocycles. The number of aromatic nitrogens is 2. The Bertz CT molecular complexity index is 502. The Hall–Kier alpha value is -0.800. The molecule has 0 N–H and O–H groups in total. The molecule has 0 atom stereocenters. The first-order valence-corrected chi connectivity index (χ1v) is 6.29. The van der Waals surface area contributed by atoms with Crippen molar-refractivity contribution in [3.05, 3.63) is 39.5 Å². The highest BCUT2D eigenvalue weighted by Crippen LogP contribution is 2.31. The van der Waals surface area contributed by atoms with E-state index in [1.165, 1.54) is 0 Å². The molecule has 1 heterocycles. The van der Waals surface area contributed by atoms with Crippen LogP contribution in [0.2, 0.25) is 5.02 Å². The van der Waals surface area contributed by atoms with E-state index in [1.54, 1.807) is 0 Å². The standard InChI is InChI=1S/C12H12BrClN2/c1-3-16-12(11(13)8(2)15-16)9-4-6-10(14)7-5-9/h4-7H,3H2,1-2H3. The Morgan fingerprint density at radius 1 is 1.31 bits per heavy atom. The van der Waals surface area contributed by atoms with Gasteiger partial charge in [0.2, 0.25) is 0 Å².